The Morgan fingerprint density at radius 1 is 1.10 bits per heavy atom. The second kappa shape index (κ2) is 15.2. The summed E-state index contributed by atoms with van der Waals surface area (Å²) in [6, 6.07) is 14.1. The number of hydrogen-bond acceptors (Lipinski definition) is 8. The Labute approximate surface area is 294 Å². The number of halogens is 1. The predicted molar refractivity (Wildman–Crippen MR) is 196 cm³/mol. The highest BCUT2D eigenvalue weighted by Crippen LogP contribution is 2.40. The average Bonchev–Trinajstić information content (AvgIpc) is 3.50. The molecule has 5 rings (SSSR count). The number of piperidine rings is 1. The van der Waals surface area contributed by atoms with Gasteiger partial charge in [-0.05, 0) is 88.9 Å². The highest BCUT2D eigenvalue weighted by molar-refractivity contribution is 5.81. The summed E-state index contributed by atoms with van der Waals surface area (Å²) in [6.45, 7) is 19.3. The van der Waals surface area contributed by atoms with Crippen molar-refractivity contribution in [3.05, 3.63) is 97.0 Å². The van der Waals surface area contributed by atoms with Crippen LogP contribution in [0, 0.1) is 12.7 Å². The molecule has 0 saturated carbocycles. The summed E-state index contributed by atoms with van der Waals surface area (Å²) in [5.41, 5.74) is 10.3. The van der Waals surface area contributed by atoms with Gasteiger partial charge in [0, 0.05) is 42.4 Å². The first-order valence-corrected chi connectivity index (χ1v) is 17.0. The summed E-state index contributed by atoms with van der Waals surface area (Å²) in [7, 11) is 1.38. The van der Waals surface area contributed by atoms with Crippen LogP contribution < -0.4 is 15.4 Å². The smallest absolute Gasteiger partial charge is 0.339 e. The number of benzene rings is 2. The number of nitrogens with zero attached hydrogens (tertiary/aromatic N) is 3. The largest absolute Gasteiger partial charge is 0.475 e. The number of fused-ring (bicyclic) bond motifs is 1. The van der Waals surface area contributed by atoms with Gasteiger partial charge in [0.1, 0.15) is 23.0 Å². The highest BCUT2D eigenvalue weighted by Gasteiger charge is 2.37. The van der Waals surface area contributed by atoms with Crippen LogP contribution >= 0.6 is 0 Å². The molecule has 10 heteroatoms. The quantitative estimate of drug-likeness (QED) is 0.0861. The Morgan fingerprint density at radius 3 is 2.48 bits per heavy atom. The lowest BCUT2D eigenvalue weighted by Crippen LogP contribution is -2.45. The Kier molecular flexibility index (Phi) is 11.2. The topological polar surface area (TPSA) is 101 Å². The van der Waals surface area contributed by atoms with E-state index in [4.69, 9.17) is 29.7 Å². The number of aryl methyl sites for hydroxylation is 1. The number of carbonyl (C=O) groups excluding carboxylic acids is 1. The van der Waals surface area contributed by atoms with Crippen LogP contribution in [0.2, 0.25) is 0 Å². The molecule has 3 heterocycles. The molecule has 2 N–H and O–H groups in total. The van der Waals surface area contributed by atoms with Crippen molar-refractivity contribution in [1.82, 2.24) is 9.38 Å². The molecule has 0 amide bonds. The van der Waals surface area contributed by atoms with E-state index in [-0.39, 0.29) is 11.4 Å². The summed E-state index contributed by atoms with van der Waals surface area (Å²) in [6.07, 6.45) is 5.83. The van der Waals surface area contributed by atoms with Crippen molar-refractivity contribution in [2.45, 2.75) is 77.4 Å². The fraction of sp³-hybridized carbons (Fsp3) is 0.400. The van der Waals surface area contributed by atoms with Crippen LogP contribution in [0.4, 0.5) is 10.2 Å². The number of imidazole rings is 1. The first-order chi connectivity index (χ1) is 23.8. The molecule has 0 aliphatic carbocycles. The second-order valence-electron chi connectivity index (χ2n) is 14.0. The van der Waals surface area contributed by atoms with Crippen molar-refractivity contribution >= 4 is 17.4 Å². The van der Waals surface area contributed by atoms with Crippen LogP contribution in [0.25, 0.3) is 28.0 Å². The van der Waals surface area contributed by atoms with Crippen molar-refractivity contribution in [3.63, 3.8) is 0 Å². The summed E-state index contributed by atoms with van der Waals surface area (Å²) in [5, 5.41) is 0. The lowest BCUT2D eigenvalue weighted by atomic mass is 9.92. The van der Waals surface area contributed by atoms with E-state index in [2.05, 4.69) is 25.0 Å². The maximum absolute atomic E-state index is 14.6. The van der Waals surface area contributed by atoms with Gasteiger partial charge >= 0.3 is 5.97 Å². The zero-order valence-electron chi connectivity index (χ0n) is 30.0. The molecule has 0 radical (unpaired) electrons. The van der Waals surface area contributed by atoms with E-state index in [1.54, 1.807) is 18.2 Å². The van der Waals surface area contributed by atoms with Crippen molar-refractivity contribution in [2.75, 3.05) is 31.7 Å². The van der Waals surface area contributed by atoms with Crippen LogP contribution in [0.1, 0.15) is 64.2 Å². The van der Waals surface area contributed by atoms with E-state index in [1.165, 1.54) is 19.2 Å². The number of carbonyl (C=O) groups is 1. The second-order valence-corrected chi connectivity index (χ2v) is 14.0. The monoisotopic (exact) mass is 684 g/mol. The summed E-state index contributed by atoms with van der Waals surface area (Å²) in [4.78, 5) is 20.8. The summed E-state index contributed by atoms with van der Waals surface area (Å²) in [5.74, 6) is 0.420. The zero-order chi connectivity index (χ0) is 36.2. The Balaban J connectivity index is 1.64. The van der Waals surface area contributed by atoms with Crippen molar-refractivity contribution in [1.29, 1.82) is 0 Å². The molecular formula is C40H49FN4O5. The molecule has 50 heavy (non-hydrogen) atoms. The maximum atomic E-state index is 14.6. The molecule has 2 atom stereocenters. The molecule has 1 aliphatic rings. The number of ether oxygens (including phenoxy) is 4. The summed E-state index contributed by atoms with van der Waals surface area (Å²) >= 11 is 0. The minimum Gasteiger partial charge on any atom is -0.475 e. The lowest BCUT2D eigenvalue weighted by molar-refractivity contribution is -0.164. The van der Waals surface area contributed by atoms with E-state index in [0.29, 0.717) is 48.8 Å². The number of pyridine rings is 1. The van der Waals surface area contributed by atoms with Crippen molar-refractivity contribution < 1.29 is 28.1 Å². The number of nitrogens with two attached hydrogens (primary N) is 1. The molecule has 1 saturated heterocycles. The third-order valence-corrected chi connectivity index (χ3v) is 8.88. The number of methoxy groups -OCH3 is 1. The molecule has 2 unspecified atom stereocenters. The van der Waals surface area contributed by atoms with E-state index < -0.39 is 23.9 Å². The van der Waals surface area contributed by atoms with Gasteiger partial charge in [0.25, 0.3) is 0 Å². The van der Waals surface area contributed by atoms with Crippen molar-refractivity contribution in [3.8, 4) is 28.1 Å². The van der Waals surface area contributed by atoms with Gasteiger partial charge in [0.15, 0.2) is 12.3 Å². The molecule has 0 bridgehead atoms. The minimum absolute atomic E-state index is 0.299. The maximum Gasteiger partial charge on any atom is 0.339 e. The molecule has 1 aliphatic heterocycles. The third kappa shape index (κ3) is 8.26. The number of rotatable bonds is 13. The van der Waals surface area contributed by atoms with Crippen LogP contribution in [0.15, 0.2) is 80.0 Å². The normalized spacial score (nSPS) is 15.8. The Bertz CT molecular complexity index is 1850. The average molecular weight is 685 g/mol. The molecule has 9 nitrogen and oxygen atoms in total. The molecule has 4 aromatic rings. The number of esters is 1. The fourth-order valence-electron chi connectivity index (χ4n) is 6.36. The first-order valence-electron chi connectivity index (χ1n) is 17.0. The molecule has 0 spiro atoms. The van der Waals surface area contributed by atoms with Crippen molar-refractivity contribution in [2.24, 2.45) is 5.73 Å². The first kappa shape index (κ1) is 36.8. The number of anilines is 1. The van der Waals surface area contributed by atoms with E-state index in [0.717, 1.165) is 40.9 Å². The van der Waals surface area contributed by atoms with E-state index >= 15 is 0 Å². The van der Waals surface area contributed by atoms with Gasteiger partial charge in [-0.1, -0.05) is 30.4 Å². The highest BCUT2D eigenvalue weighted by atomic mass is 19.1. The molecule has 2 aromatic heterocycles. The summed E-state index contributed by atoms with van der Waals surface area (Å²) < 4.78 is 40.5. The van der Waals surface area contributed by atoms with Gasteiger partial charge in [-0.2, -0.15) is 0 Å². The SMILES string of the molecule is C=CCOC1(C)CCN(c2c(C(OC(C)(C)C)C(=O)OC)c(C)cc3nc(-c4cccc(-c5cc(F)ccc5OC(N)CC=C)c4)cn23)CC1. The van der Waals surface area contributed by atoms with Gasteiger partial charge in [-0.15, -0.1) is 13.2 Å². The number of aromatic nitrogens is 2. The Hall–Kier alpha value is -4.51. The van der Waals surface area contributed by atoms with Crippen LogP contribution in [0.5, 0.6) is 5.75 Å². The zero-order valence-corrected chi connectivity index (χ0v) is 30.0. The van der Waals surface area contributed by atoms with E-state index in [1.807, 2.05) is 68.6 Å². The lowest BCUT2D eigenvalue weighted by Gasteiger charge is -2.41. The molecular weight excluding hydrogens is 635 g/mol. The molecule has 266 valence electrons. The van der Waals surface area contributed by atoms with Crippen LogP contribution in [-0.2, 0) is 19.0 Å². The van der Waals surface area contributed by atoms with E-state index in [9.17, 15) is 9.18 Å². The molecule has 2 aromatic carbocycles. The fourth-order valence-corrected chi connectivity index (χ4v) is 6.36. The third-order valence-electron chi connectivity index (χ3n) is 8.88. The standard InChI is InChI=1S/C40H49FN4O5/c1-9-12-33(42)49-32-16-15-29(41)24-30(32)27-13-11-14-28(23-27)31-25-45-34(43-31)22-26(3)35(36(38(46)47-8)50-39(4,5)6)37(45)44-19-17-40(7,18-20-44)48-21-10-2/h9-11,13-16,22-25,33,36H,1-2,12,17-21,42H2,3-8H3. The van der Waals surface area contributed by atoms with Gasteiger partial charge in [0.05, 0.1) is 30.6 Å². The van der Waals surface area contributed by atoms with Gasteiger partial charge < -0.3 is 23.8 Å². The van der Waals surface area contributed by atoms with Gasteiger partial charge in [-0.25, -0.2) is 14.2 Å². The molecule has 1 fully saturated rings. The van der Waals surface area contributed by atoms with Gasteiger partial charge in [-0.3, -0.25) is 10.1 Å². The predicted octanol–water partition coefficient (Wildman–Crippen LogP) is 7.95. The van der Waals surface area contributed by atoms with Gasteiger partial charge in [0.2, 0.25) is 0 Å². The number of hydrogen-bond donors (Lipinski definition) is 1. The minimum atomic E-state index is -0.974. The van der Waals surface area contributed by atoms with Crippen LogP contribution in [-0.4, -0.2) is 59.6 Å². The Morgan fingerprint density at radius 2 is 1.82 bits per heavy atom. The van der Waals surface area contributed by atoms with Crippen LogP contribution in [0.3, 0.4) is 0 Å².